The smallest absolute Gasteiger partial charge is 0.0701 e. The molecule has 0 aromatic carbocycles. The Morgan fingerprint density at radius 1 is 0.481 bits per heavy atom. The van der Waals surface area contributed by atoms with Crippen LogP contribution >= 0.6 is 0 Å². The molecule has 0 heterocycles. The standard InChI is InChI=1S/C24H50O3/c1-4-7-9-11-13-15-17-24(18-16-14-12-10-8-5-2)23-27-22-21-26-20-19-25-6-3/h24H,4-23H2,1-3H3. The highest BCUT2D eigenvalue weighted by atomic mass is 16.5. The van der Waals surface area contributed by atoms with Crippen LogP contribution in [0.3, 0.4) is 0 Å². The lowest BCUT2D eigenvalue weighted by molar-refractivity contribution is 0.00746. The van der Waals surface area contributed by atoms with Crippen molar-refractivity contribution in [3.8, 4) is 0 Å². The molecule has 0 rings (SSSR count). The molecule has 0 N–H and O–H groups in total. The molecule has 0 bridgehead atoms. The summed E-state index contributed by atoms with van der Waals surface area (Å²) in [4.78, 5) is 0. The van der Waals surface area contributed by atoms with Gasteiger partial charge in [0.2, 0.25) is 0 Å². The summed E-state index contributed by atoms with van der Waals surface area (Å²) in [5.41, 5.74) is 0. The van der Waals surface area contributed by atoms with E-state index >= 15 is 0 Å². The largest absolute Gasteiger partial charge is 0.379 e. The lowest BCUT2D eigenvalue weighted by Crippen LogP contribution is -2.14. The van der Waals surface area contributed by atoms with E-state index in [9.17, 15) is 0 Å². The number of rotatable bonds is 23. The van der Waals surface area contributed by atoms with Crippen LogP contribution in [-0.2, 0) is 14.2 Å². The van der Waals surface area contributed by atoms with Gasteiger partial charge in [-0.2, -0.15) is 0 Å². The van der Waals surface area contributed by atoms with Crippen molar-refractivity contribution in [1.82, 2.24) is 0 Å². The van der Waals surface area contributed by atoms with Crippen molar-refractivity contribution in [2.45, 2.75) is 111 Å². The molecule has 0 aromatic heterocycles. The molecule has 0 saturated carbocycles. The maximum Gasteiger partial charge on any atom is 0.0701 e. The van der Waals surface area contributed by atoms with Crippen molar-refractivity contribution in [2.24, 2.45) is 5.92 Å². The van der Waals surface area contributed by atoms with Gasteiger partial charge in [0.15, 0.2) is 0 Å². The number of unbranched alkanes of at least 4 members (excludes halogenated alkanes) is 10. The van der Waals surface area contributed by atoms with Crippen molar-refractivity contribution in [3.63, 3.8) is 0 Å². The van der Waals surface area contributed by atoms with Crippen LogP contribution in [-0.4, -0.2) is 39.6 Å². The fourth-order valence-electron chi connectivity index (χ4n) is 3.47. The van der Waals surface area contributed by atoms with Gasteiger partial charge in [0, 0.05) is 13.2 Å². The normalized spacial score (nSPS) is 11.6. The Hall–Kier alpha value is -0.120. The number of hydrogen-bond donors (Lipinski definition) is 0. The van der Waals surface area contributed by atoms with E-state index in [1.807, 2.05) is 6.92 Å². The summed E-state index contributed by atoms with van der Waals surface area (Å²) in [5.74, 6) is 0.741. The summed E-state index contributed by atoms with van der Waals surface area (Å²) < 4.78 is 16.7. The topological polar surface area (TPSA) is 27.7 Å². The van der Waals surface area contributed by atoms with E-state index in [0.29, 0.717) is 19.8 Å². The first-order chi connectivity index (χ1) is 13.3. The maximum atomic E-state index is 5.93. The number of hydrogen-bond acceptors (Lipinski definition) is 3. The Bertz CT molecular complexity index is 242. The van der Waals surface area contributed by atoms with E-state index in [4.69, 9.17) is 14.2 Å². The molecule has 0 saturated heterocycles. The zero-order valence-electron chi connectivity index (χ0n) is 18.9. The molecule has 0 amide bonds. The minimum Gasteiger partial charge on any atom is -0.379 e. The second-order valence-electron chi connectivity index (χ2n) is 7.86. The summed E-state index contributed by atoms with van der Waals surface area (Å²) in [6.45, 7) is 11.0. The summed E-state index contributed by atoms with van der Waals surface area (Å²) in [5, 5.41) is 0. The molecule has 0 fully saturated rings. The van der Waals surface area contributed by atoms with E-state index in [1.165, 1.54) is 89.9 Å². The average molecular weight is 387 g/mol. The van der Waals surface area contributed by atoms with Crippen molar-refractivity contribution >= 4 is 0 Å². The van der Waals surface area contributed by atoms with Crippen LogP contribution in [0.15, 0.2) is 0 Å². The zero-order chi connectivity index (χ0) is 19.8. The average Bonchev–Trinajstić information content (AvgIpc) is 2.68. The highest BCUT2D eigenvalue weighted by molar-refractivity contribution is 4.60. The van der Waals surface area contributed by atoms with Gasteiger partial charge in [-0.1, -0.05) is 90.9 Å². The second-order valence-corrected chi connectivity index (χ2v) is 7.86. The van der Waals surface area contributed by atoms with Crippen molar-refractivity contribution in [2.75, 3.05) is 39.6 Å². The van der Waals surface area contributed by atoms with Crippen molar-refractivity contribution in [1.29, 1.82) is 0 Å². The van der Waals surface area contributed by atoms with E-state index in [-0.39, 0.29) is 0 Å². The summed E-state index contributed by atoms with van der Waals surface area (Å²) in [6.07, 6.45) is 19.3. The van der Waals surface area contributed by atoms with Gasteiger partial charge in [-0.15, -0.1) is 0 Å². The first-order valence-corrected chi connectivity index (χ1v) is 12.1. The van der Waals surface area contributed by atoms with Crippen LogP contribution in [0.1, 0.15) is 111 Å². The first-order valence-electron chi connectivity index (χ1n) is 12.1. The molecule has 27 heavy (non-hydrogen) atoms. The highest BCUT2D eigenvalue weighted by Gasteiger charge is 2.09. The Morgan fingerprint density at radius 2 is 0.926 bits per heavy atom. The SMILES string of the molecule is CCCCCCCCC(CCCCCCCC)COCCOCCOCC. The van der Waals surface area contributed by atoms with Crippen LogP contribution in [0, 0.1) is 5.92 Å². The fourth-order valence-corrected chi connectivity index (χ4v) is 3.47. The Labute approximate surface area is 170 Å². The minimum atomic E-state index is 0.677. The van der Waals surface area contributed by atoms with Gasteiger partial charge in [-0.05, 0) is 25.7 Å². The van der Waals surface area contributed by atoms with Crippen LogP contribution in [0.5, 0.6) is 0 Å². The van der Waals surface area contributed by atoms with E-state index in [2.05, 4.69) is 13.8 Å². The minimum absolute atomic E-state index is 0.677. The monoisotopic (exact) mass is 386 g/mol. The molecular weight excluding hydrogens is 336 g/mol. The molecule has 0 spiro atoms. The molecule has 0 aliphatic heterocycles. The molecule has 0 radical (unpaired) electrons. The van der Waals surface area contributed by atoms with E-state index in [0.717, 1.165) is 25.7 Å². The third kappa shape index (κ3) is 22.0. The number of ether oxygens (including phenoxy) is 3. The van der Waals surface area contributed by atoms with Crippen LogP contribution in [0.2, 0.25) is 0 Å². The van der Waals surface area contributed by atoms with Gasteiger partial charge in [0.25, 0.3) is 0 Å². The Balaban J connectivity index is 3.77. The third-order valence-electron chi connectivity index (χ3n) is 5.23. The lowest BCUT2D eigenvalue weighted by atomic mass is 9.95. The Kier molecular flexibility index (Phi) is 23.8. The summed E-state index contributed by atoms with van der Waals surface area (Å²) in [6, 6.07) is 0. The predicted octanol–water partition coefficient (Wildman–Crippen LogP) is 7.17. The molecule has 3 nitrogen and oxygen atoms in total. The second kappa shape index (κ2) is 23.9. The van der Waals surface area contributed by atoms with Crippen molar-refractivity contribution in [3.05, 3.63) is 0 Å². The molecule has 0 unspecified atom stereocenters. The molecule has 0 atom stereocenters. The van der Waals surface area contributed by atoms with Gasteiger partial charge in [-0.25, -0.2) is 0 Å². The van der Waals surface area contributed by atoms with Gasteiger partial charge < -0.3 is 14.2 Å². The lowest BCUT2D eigenvalue weighted by Gasteiger charge is -2.17. The van der Waals surface area contributed by atoms with Gasteiger partial charge in [-0.3, -0.25) is 0 Å². The molecule has 0 aliphatic carbocycles. The van der Waals surface area contributed by atoms with Gasteiger partial charge in [0.05, 0.1) is 26.4 Å². The molecule has 0 aliphatic rings. The van der Waals surface area contributed by atoms with E-state index < -0.39 is 0 Å². The van der Waals surface area contributed by atoms with Crippen LogP contribution in [0.25, 0.3) is 0 Å². The van der Waals surface area contributed by atoms with Gasteiger partial charge >= 0.3 is 0 Å². The third-order valence-corrected chi connectivity index (χ3v) is 5.23. The quantitative estimate of drug-likeness (QED) is 0.174. The maximum absolute atomic E-state index is 5.93. The highest BCUT2D eigenvalue weighted by Crippen LogP contribution is 2.19. The zero-order valence-corrected chi connectivity index (χ0v) is 18.9. The van der Waals surface area contributed by atoms with Crippen LogP contribution in [0.4, 0.5) is 0 Å². The molecule has 3 heteroatoms. The van der Waals surface area contributed by atoms with Crippen LogP contribution < -0.4 is 0 Å². The molecular formula is C24H50O3. The molecule has 164 valence electrons. The summed E-state index contributed by atoms with van der Waals surface area (Å²) in [7, 11) is 0. The molecule has 0 aromatic rings. The first kappa shape index (κ1) is 26.9. The fraction of sp³-hybridized carbons (Fsp3) is 1.00. The predicted molar refractivity (Wildman–Crippen MR) is 118 cm³/mol. The van der Waals surface area contributed by atoms with Crippen molar-refractivity contribution < 1.29 is 14.2 Å². The summed E-state index contributed by atoms with van der Waals surface area (Å²) >= 11 is 0. The van der Waals surface area contributed by atoms with E-state index in [1.54, 1.807) is 0 Å². The van der Waals surface area contributed by atoms with Gasteiger partial charge in [0.1, 0.15) is 0 Å². The Morgan fingerprint density at radius 3 is 1.44 bits per heavy atom.